The molecule has 0 saturated carbocycles. The van der Waals surface area contributed by atoms with Gasteiger partial charge in [-0.2, -0.15) is 0 Å². The van der Waals surface area contributed by atoms with E-state index < -0.39 is 17.4 Å². The number of aliphatic carboxylic acids is 2. The molecular weight excluding hydrogens is 208 g/mol. The Kier molecular flexibility index (Phi) is 3.32. The molecule has 1 aromatic carbocycles. The zero-order chi connectivity index (χ0) is 12.3. The molecule has 0 saturated heterocycles. The first kappa shape index (κ1) is 12.2. The van der Waals surface area contributed by atoms with Crippen molar-refractivity contribution in [3.63, 3.8) is 0 Å². The van der Waals surface area contributed by atoms with Crippen molar-refractivity contribution in [3.05, 3.63) is 35.4 Å². The van der Waals surface area contributed by atoms with Gasteiger partial charge in [0.15, 0.2) is 5.41 Å². The summed E-state index contributed by atoms with van der Waals surface area (Å²) in [5.74, 6) is -2.64. The monoisotopic (exact) mass is 222 g/mol. The Bertz CT molecular complexity index is 392. The lowest BCUT2D eigenvalue weighted by atomic mass is 9.83. The maximum Gasteiger partial charge on any atom is 0.321 e. The Morgan fingerprint density at radius 1 is 1.12 bits per heavy atom. The Hall–Kier alpha value is -1.84. The summed E-state index contributed by atoms with van der Waals surface area (Å²) >= 11 is 0. The van der Waals surface area contributed by atoms with Crippen LogP contribution in [0, 0.1) is 12.3 Å². The van der Waals surface area contributed by atoms with Gasteiger partial charge in [-0.1, -0.05) is 29.8 Å². The molecular formula is C12H14O4. The normalized spacial score (nSPS) is 11.1. The molecule has 4 nitrogen and oxygen atoms in total. The maximum atomic E-state index is 11.0. The van der Waals surface area contributed by atoms with Crippen LogP contribution in [0.3, 0.4) is 0 Å². The zero-order valence-corrected chi connectivity index (χ0v) is 9.23. The Morgan fingerprint density at radius 2 is 1.56 bits per heavy atom. The molecule has 0 aliphatic heterocycles. The van der Waals surface area contributed by atoms with E-state index in [1.165, 1.54) is 6.92 Å². The fraction of sp³-hybridized carbons (Fsp3) is 0.333. The third kappa shape index (κ3) is 2.39. The van der Waals surface area contributed by atoms with Gasteiger partial charge in [-0.3, -0.25) is 9.59 Å². The van der Waals surface area contributed by atoms with Crippen LogP contribution in [0.15, 0.2) is 24.3 Å². The molecule has 0 unspecified atom stereocenters. The van der Waals surface area contributed by atoms with Crippen molar-refractivity contribution in [2.45, 2.75) is 20.3 Å². The summed E-state index contributed by atoms with van der Waals surface area (Å²) in [7, 11) is 0. The molecule has 0 amide bonds. The van der Waals surface area contributed by atoms with E-state index in [9.17, 15) is 9.59 Å². The Labute approximate surface area is 93.5 Å². The van der Waals surface area contributed by atoms with E-state index in [1.54, 1.807) is 12.1 Å². The quantitative estimate of drug-likeness (QED) is 0.760. The minimum Gasteiger partial charge on any atom is -0.480 e. The summed E-state index contributed by atoms with van der Waals surface area (Å²) in [5.41, 5.74) is -0.0103. The van der Waals surface area contributed by atoms with Gasteiger partial charge in [-0.05, 0) is 25.8 Å². The first-order valence-electron chi connectivity index (χ1n) is 4.88. The molecule has 0 bridgehead atoms. The second-order valence-corrected chi connectivity index (χ2v) is 4.10. The van der Waals surface area contributed by atoms with Crippen molar-refractivity contribution >= 4 is 11.9 Å². The number of hydrogen-bond donors (Lipinski definition) is 2. The predicted molar refractivity (Wildman–Crippen MR) is 58.3 cm³/mol. The summed E-state index contributed by atoms with van der Waals surface area (Å²) in [6, 6.07) is 7.16. The number of hydrogen-bond acceptors (Lipinski definition) is 2. The van der Waals surface area contributed by atoms with E-state index in [1.807, 2.05) is 19.1 Å². The number of rotatable bonds is 4. The number of carboxylic acid groups (broad SMARTS) is 2. The van der Waals surface area contributed by atoms with Crippen molar-refractivity contribution in [2.24, 2.45) is 5.41 Å². The molecule has 16 heavy (non-hydrogen) atoms. The summed E-state index contributed by atoms with van der Waals surface area (Å²) in [4.78, 5) is 21.9. The van der Waals surface area contributed by atoms with Crippen LogP contribution in [0.25, 0.3) is 0 Å². The summed E-state index contributed by atoms with van der Waals surface area (Å²) in [6.07, 6.45) is -0.0159. The van der Waals surface area contributed by atoms with Crippen LogP contribution in [0.5, 0.6) is 0 Å². The highest BCUT2D eigenvalue weighted by atomic mass is 16.4. The van der Waals surface area contributed by atoms with E-state index in [0.29, 0.717) is 5.56 Å². The minimum atomic E-state index is -1.77. The third-order valence-electron chi connectivity index (χ3n) is 2.62. The van der Waals surface area contributed by atoms with Gasteiger partial charge in [-0.15, -0.1) is 0 Å². The van der Waals surface area contributed by atoms with Gasteiger partial charge >= 0.3 is 11.9 Å². The smallest absolute Gasteiger partial charge is 0.321 e. The Balaban J connectivity index is 2.97. The lowest BCUT2D eigenvalue weighted by Gasteiger charge is -2.19. The maximum absolute atomic E-state index is 11.0. The van der Waals surface area contributed by atoms with E-state index in [0.717, 1.165) is 5.56 Å². The highest BCUT2D eigenvalue weighted by Gasteiger charge is 2.41. The van der Waals surface area contributed by atoms with Gasteiger partial charge in [0.25, 0.3) is 0 Å². The summed E-state index contributed by atoms with van der Waals surface area (Å²) in [5, 5.41) is 17.9. The van der Waals surface area contributed by atoms with Crippen LogP contribution in [-0.2, 0) is 16.0 Å². The largest absolute Gasteiger partial charge is 0.480 e. The first-order chi connectivity index (χ1) is 7.36. The molecule has 0 fully saturated rings. The molecule has 0 atom stereocenters. The molecule has 0 aromatic heterocycles. The van der Waals surface area contributed by atoms with E-state index in [-0.39, 0.29) is 6.42 Å². The van der Waals surface area contributed by atoms with Crippen molar-refractivity contribution < 1.29 is 19.8 Å². The molecule has 0 heterocycles. The molecule has 1 rings (SSSR count). The van der Waals surface area contributed by atoms with Gasteiger partial charge in [0.05, 0.1) is 0 Å². The van der Waals surface area contributed by atoms with Crippen molar-refractivity contribution in [1.82, 2.24) is 0 Å². The fourth-order valence-corrected chi connectivity index (χ4v) is 1.36. The van der Waals surface area contributed by atoms with Crippen LogP contribution in [0.4, 0.5) is 0 Å². The van der Waals surface area contributed by atoms with Crippen molar-refractivity contribution in [2.75, 3.05) is 0 Å². The number of benzene rings is 1. The summed E-state index contributed by atoms with van der Waals surface area (Å²) in [6.45, 7) is 3.13. The van der Waals surface area contributed by atoms with E-state index in [2.05, 4.69) is 0 Å². The van der Waals surface area contributed by atoms with E-state index in [4.69, 9.17) is 10.2 Å². The molecule has 0 aliphatic rings. The number of carbonyl (C=O) groups is 2. The highest BCUT2D eigenvalue weighted by molar-refractivity contribution is 5.98. The average Bonchev–Trinajstić information content (AvgIpc) is 2.20. The summed E-state index contributed by atoms with van der Waals surface area (Å²) < 4.78 is 0. The lowest BCUT2D eigenvalue weighted by Crippen LogP contribution is -2.38. The topological polar surface area (TPSA) is 74.6 Å². The minimum absolute atomic E-state index is 0.0159. The van der Waals surface area contributed by atoms with Crippen LogP contribution in [0.1, 0.15) is 18.1 Å². The second-order valence-electron chi connectivity index (χ2n) is 4.10. The molecule has 4 heteroatoms. The molecule has 0 radical (unpaired) electrons. The molecule has 0 aliphatic carbocycles. The average molecular weight is 222 g/mol. The second kappa shape index (κ2) is 4.35. The molecule has 0 spiro atoms. The van der Waals surface area contributed by atoms with Gasteiger partial charge in [0.1, 0.15) is 0 Å². The molecule has 1 aromatic rings. The van der Waals surface area contributed by atoms with Gasteiger partial charge in [0, 0.05) is 0 Å². The first-order valence-corrected chi connectivity index (χ1v) is 4.88. The highest BCUT2D eigenvalue weighted by Crippen LogP contribution is 2.23. The van der Waals surface area contributed by atoms with Crippen LogP contribution in [-0.4, -0.2) is 22.2 Å². The van der Waals surface area contributed by atoms with Crippen LogP contribution >= 0.6 is 0 Å². The van der Waals surface area contributed by atoms with Crippen LogP contribution < -0.4 is 0 Å². The number of aryl methyl sites for hydroxylation is 1. The predicted octanol–water partition coefficient (Wildman–Crippen LogP) is 1.71. The zero-order valence-electron chi connectivity index (χ0n) is 9.23. The van der Waals surface area contributed by atoms with E-state index >= 15 is 0 Å². The van der Waals surface area contributed by atoms with Gasteiger partial charge < -0.3 is 10.2 Å². The SMILES string of the molecule is Cc1ccc(CC(C)(C(=O)O)C(=O)O)cc1. The standard InChI is InChI=1S/C12H14O4/c1-8-3-5-9(6-4-8)7-12(2,10(13)14)11(15)16/h3-6H,7H2,1-2H3,(H,13,14)(H,15,16). The van der Waals surface area contributed by atoms with Crippen molar-refractivity contribution in [3.8, 4) is 0 Å². The lowest BCUT2D eigenvalue weighted by molar-refractivity contribution is -0.163. The van der Waals surface area contributed by atoms with Crippen molar-refractivity contribution in [1.29, 1.82) is 0 Å². The number of carboxylic acids is 2. The Morgan fingerprint density at radius 3 is 1.94 bits per heavy atom. The van der Waals surface area contributed by atoms with Gasteiger partial charge in [-0.25, -0.2) is 0 Å². The molecule has 2 N–H and O–H groups in total. The van der Waals surface area contributed by atoms with Gasteiger partial charge in [0.2, 0.25) is 0 Å². The third-order valence-corrected chi connectivity index (χ3v) is 2.62. The fourth-order valence-electron chi connectivity index (χ4n) is 1.36. The van der Waals surface area contributed by atoms with Crippen LogP contribution in [0.2, 0.25) is 0 Å². The molecule has 86 valence electrons.